The Kier molecular flexibility index (Phi) is 5.98. The SMILES string of the molecule is CCNC(=NCc1cccc(Cn2ccnc2C)c1)N1CC2CCCCC2C1. The average molecular weight is 380 g/mol. The Labute approximate surface area is 168 Å². The van der Waals surface area contributed by atoms with E-state index in [2.05, 4.69) is 51.0 Å². The molecule has 1 aromatic heterocycles. The van der Waals surface area contributed by atoms with Gasteiger partial charge in [-0.2, -0.15) is 0 Å². The van der Waals surface area contributed by atoms with E-state index in [4.69, 9.17) is 4.99 Å². The predicted molar refractivity (Wildman–Crippen MR) is 114 cm³/mol. The summed E-state index contributed by atoms with van der Waals surface area (Å²) in [5.74, 6) is 3.89. The Morgan fingerprint density at radius 3 is 2.61 bits per heavy atom. The molecule has 1 aliphatic heterocycles. The highest BCUT2D eigenvalue weighted by Crippen LogP contribution is 2.36. The third kappa shape index (κ3) is 4.40. The number of nitrogens with zero attached hydrogens (tertiary/aromatic N) is 4. The van der Waals surface area contributed by atoms with Gasteiger partial charge in [0.15, 0.2) is 5.96 Å². The average Bonchev–Trinajstić information content (AvgIpc) is 3.31. The van der Waals surface area contributed by atoms with Crippen LogP contribution in [0.3, 0.4) is 0 Å². The van der Waals surface area contributed by atoms with Crippen LogP contribution in [0.1, 0.15) is 49.6 Å². The lowest BCUT2D eigenvalue weighted by Gasteiger charge is -2.22. The maximum atomic E-state index is 4.99. The summed E-state index contributed by atoms with van der Waals surface area (Å²) in [5.41, 5.74) is 2.56. The molecule has 150 valence electrons. The highest BCUT2D eigenvalue weighted by molar-refractivity contribution is 5.80. The molecule has 28 heavy (non-hydrogen) atoms. The standard InChI is InChI=1S/C23H33N5/c1-3-24-23(28-16-21-9-4-5-10-22(21)17-28)26-14-19-7-6-8-20(13-19)15-27-12-11-25-18(27)2/h6-8,11-13,21-22H,3-5,9-10,14-17H2,1-2H3,(H,24,26). The van der Waals surface area contributed by atoms with Crippen molar-refractivity contribution in [1.82, 2.24) is 19.8 Å². The quantitative estimate of drug-likeness (QED) is 0.634. The number of guanidine groups is 1. The van der Waals surface area contributed by atoms with Crippen LogP contribution in [0.5, 0.6) is 0 Å². The number of benzene rings is 1. The van der Waals surface area contributed by atoms with Crippen LogP contribution in [0.4, 0.5) is 0 Å². The third-order valence-corrected chi connectivity index (χ3v) is 6.29. The minimum Gasteiger partial charge on any atom is -0.357 e. The molecule has 1 saturated carbocycles. The van der Waals surface area contributed by atoms with Crippen LogP contribution in [0, 0.1) is 18.8 Å². The second kappa shape index (κ2) is 8.80. The van der Waals surface area contributed by atoms with Gasteiger partial charge in [-0.25, -0.2) is 9.98 Å². The fraction of sp³-hybridized carbons (Fsp3) is 0.565. The lowest BCUT2D eigenvalue weighted by molar-refractivity contribution is 0.299. The second-order valence-corrected chi connectivity index (χ2v) is 8.30. The molecule has 4 rings (SSSR count). The van der Waals surface area contributed by atoms with Crippen LogP contribution >= 0.6 is 0 Å². The fourth-order valence-electron chi connectivity index (χ4n) is 4.76. The maximum Gasteiger partial charge on any atom is 0.194 e. The molecule has 0 bridgehead atoms. The molecule has 1 saturated heterocycles. The minimum atomic E-state index is 0.727. The van der Waals surface area contributed by atoms with Crippen LogP contribution in [0.15, 0.2) is 41.7 Å². The molecule has 1 aliphatic carbocycles. The number of nitrogens with one attached hydrogen (secondary N) is 1. The van der Waals surface area contributed by atoms with E-state index < -0.39 is 0 Å². The molecule has 2 unspecified atom stereocenters. The minimum absolute atomic E-state index is 0.727. The predicted octanol–water partition coefficient (Wildman–Crippen LogP) is 3.83. The normalized spacial score (nSPS) is 22.4. The summed E-state index contributed by atoms with van der Waals surface area (Å²) in [5, 5.41) is 3.53. The molecule has 2 atom stereocenters. The van der Waals surface area contributed by atoms with E-state index in [0.717, 1.165) is 43.3 Å². The van der Waals surface area contributed by atoms with E-state index in [1.807, 2.05) is 19.3 Å². The van der Waals surface area contributed by atoms with Crippen LogP contribution in [-0.4, -0.2) is 40.0 Å². The number of fused-ring (bicyclic) bond motifs is 1. The van der Waals surface area contributed by atoms with Crippen molar-refractivity contribution in [3.05, 3.63) is 53.6 Å². The zero-order valence-corrected chi connectivity index (χ0v) is 17.3. The number of aryl methyl sites for hydroxylation is 1. The summed E-state index contributed by atoms with van der Waals surface area (Å²) in [6.45, 7) is 9.07. The monoisotopic (exact) mass is 379 g/mol. The Morgan fingerprint density at radius 1 is 1.18 bits per heavy atom. The molecule has 2 heterocycles. The summed E-state index contributed by atoms with van der Waals surface area (Å²) < 4.78 is 2.18. The van der Waals surface area contributed by atoms with E-state index in [-0.39, 0.29) is 0 Å². The summed E-state index contributed by atoms with van der Waals surface area (Å²) in [7, 11) is 0. The molecule has 2 aromatic rings. The largest absolute Gasteiger partial charge is 0.357 e. The smallest absolute Gasteiger partial charge is 0.194 e. The van der Waals surface area contributed by atoms with Gasteiger partial charge in [-0.15, -0.1) is 0 Å². The summed E-state index contributed by atoms with van der Waals surface area (Å²) in [6, 6.07) is 8.78. The zero-order chi connectivity index (χ0) is 19.3. The van der Waals surface area contributed by atoms with Gasteiger partial charge in [0, 0.05) is 38.6 Å². The second-order valence-electron chi connectivity index (χ2n) is 8.30. The first-order valence-electron chi connectivity index (χ1n) is 10.8. The van der Waals surface area contributed by atoms with Gasteiger partial charge in [0.1, 0.15) is 5.82 Å². The molecule has 5 nitrogen and oxygen atoms in total. The van der Waals surface area contributed by atoms with Crippen LogP contribution in [-0.2, 0) is 13.1 Å². The number of hydrogen-bond donors (Lipinski definition) is 1. The van der Waals surface area contributed by atoms with Crippen molar-refractivity contribution in [3.63, 3.8) is 0 Å². The Balaban J connectivity index is 1.43. The lowest BCUT2D eigenvalue weighted by atomic mass is 9.82. The highest BCUT2D eigenvalue weighted by atomic mass is 15.3. The molecule has 2 fully saturated rings. The topological polar surface area (TPSA) is 45.5 Å². The van der Waals surface area contributed by atoms with Gasteiger partial charge < -0.3 is 14.8 Å². The summed E-state index contributed by atoms with van der Waals surface area (Å²) in [4.78, 5) is 11.8. The van der Waals surface area contributed by atoms with Gasteiger partial charge in [-0.3, -0.25) is 0 Å². The third-order valence-electron chi connectivity index (χ3n) is 6.29. The number of aliphatic imine (C=N–C) groups is 1. The van der Waals surface area contributed by atoms with E-state index in [9.17, 15) is 0 Å². The van der Waals surface area contributed by atoms with Gasteiger partial charge in [0.25, 0.3) is 0 Å². The number of rotatable bonds is 5. The zero-order valence-electron chi connectivity index (χ0n) is 17.3. The van der Waals surface area contributed by atoms with Crippen LogP contribution in [0.25, 0.3) is 0 Å². The van der Waals surface area contributed by atoms with E-state index in [1.165, 1.54) is 49.9 Å². The van der Waals surface area contributed by atoms with Gasteiger partial charge in [0.05, 0.1) is 6.54 Å². The molecule has 1 N–H and O–H groups in total. The van der Waals surface area contributed by atoms with Gasteiger partial charge in [0.2, 0.25) is 0 Å². The molecular formula is C23H33N5. The first kappa shape index (κ1) is 19.0. The highest BCUT2D eigenvalue weighted by Gasteiger charge is 2.35. The van der Waals surface area contributed by atoms with Crippen LogP contribution in [0.2, 0.25) is 0 Å². The first-order chi connectivity index (χ1) is 13.7. The summed E-state index contributed by atoms with van der Waals surface area (Å²) in [6.07, 6.45) is 9.51. The van der Waals surface area contributed by atoms with Crippen molar-refractivity contribution in [2.75, 3.05) is 19.6 Å². The molecule has 5 heteroatoms. The first-order valence-corrected chi connectivity index (χ1v) is 10.8. The van der Waals surface area contributed by atoms with Crippen LogP contribution < -0.4 is 5.32 Å². The summed E-state index contributed by atoms with van der Waals surface area (Å²) >= 11 is 0. The molecule has 2 aliphatic rings. The van der Waals surface area contributed by atoms with Crippen molar-refractivity contribution >= 4 is 5.96 Å². The van der Waals surface area contributed by atoms with Crippen molar-refractivity contribution in [2.24, 2.45) is 16.8 Å². The van der Waals surface area contributed by atoms with Crippen molar-refractivity contribution in [1.29, 1.82) is 0 Å². The Hall–Kier alpha value is -2.30. The van der Waals surface area contributed by atoms with E-state index in [0.29, 0.717) is 0 Å². The Bertz CT molecular complexity index is 795. The maximum absolute atomic E-state index is 4.99. The molecule has 1 aromatic carbocycles. The Morgan fingerprint density at radius 2 is 1.93 bits per heavy atom. The van der Waals surface area contributed by atoms with E-state index >= 15 is 0 Å². The molecule has 0 amide bonds. The van der Waals surface area contributed by atoms with Crippen molar-refractivity contribution < 1.29 is 0 Å². The van der Waals surface area contributed by atoms with E-state index in [1.54, 1.807) is 0 Å². The van der Waals surface area contributed by atoms with Gasteiger partial charge in [-0.1, -0.05) is 37.1 Å². The number of likely N-dealkylation sites (tertiary alicyclic amines) is 1. The van der Waals surface area contributed by atoms with Crippen molar-refractivity contribution in [2.45, 2.75) is 52.6 Å². The molecule has 0 radical (unpaired) electrons. The fourth-order valence-corrected chi connectivity index (χ4v) is 4.76. The lowest BCUT2D eigenvalue weighted by Crippen LogP contribution is -2.40. The number of hydrogen-bond acceptors (Lipinski definition) is 2. The number of aromatic nitrogens is 2. The van der Waals surface area contributed by atoms with Gasteiger partial charge >= 0.3 is 0 Å². The number of imidazole rings is 1. The van der Waals surface area contributed by atoms with Gasteiger partial charge in [-0.05, 0) is 49.7 Å². The van der Waals surface area contributed by atoms with Crippen molar-refractivity contribution in [3.8, 4) is 0 Å². The molecular weight excluding hydrogens is 346 g/mol. The molecule has 0 spiro atoms.